The van der Waals surface area contributed by atoms with Crippen molar-refractivity contribution in [3.05, 3.63) is 70.4 Å². The van der Waals surface area contributed by atoms with Crippen molar-refractivity contribution in [2.75, 3.05) is 50.8 Å². The Labute approximate surface area is 210 Å². The standard InChI is InChI=1S/C26H31ClN4O4/c1-3-34-19-11-9-18(10-12-19)24-23(25(32)35-4-2)21(28-26(33)29-24)17-30-13-15-31(16-14-30)22-8-6-5-7-20(22)27/h5-12,24H,3-4,13-17H2,1-2H3,(H2,28,29,33). The molecular formula is C26H31ClN4O4. The maximum absolute atomic E-state index is 13.0. The molecule has 8 nitrogen and oxygen atoms in total. The molecule has 1 fully saturated rings. The van der Waals surface area contributed by atoms with Crippen LogP contribution in [0.4, 0.5) is 10.5 Å². The van der Waals surface area contributed by atoms with E-state index in [0.717, 1.165) is 48.2 Å². The average molecular weight is 499 g/mol. The first kappa shape index (κ1) is 24.9. The van der Waals surface area contributed by atoms with Gasteiger partial charge in [-0.15, -0.1) is 0 Å². The summed E-state index contributed by atoms with van der Waals surface area (Å²) in [5.41, 5.74) is 2.79. The van der Waals surface area contributed by atoms with Crippen LogP contribution in [-0.4, -0.2) is 62.8 Å². The van der Waals surface area contributed by atoms with Crippen molar-refractivity contribution in [3.8, 4) is 5.75 Å². The molecule has 2 N–H and O–H groups in total. The maximum atomic E-state index is 13.0. The number of nitrogens with one attached hydrogen (secondary N) is 2. The van der Waals surface area contributed by atoms with Gasteiger partial charge in [0.25, 0.3) is 0 Å². The number of anilines is 1. The number of carbonyl (C=O) groups excluding carboxylic acids is 2. The van der Waals surface area contributed by atoms with Gasteiger partial charge < -0.3 is 25.0 Å². The van der Waals surface area contributed by atoms with Crippen molar-refractivity contribution in [1.29, 1.82) is 0 Å². The van der Waals surface area contributed by atoms with Gasteiger partial charge in [0, 0.05) is 38.4 Å². The molecule has 0 aliphatic carbocycles. The van der Waals surface area contributed by atoms with Crippen LogP contribution >= 0.6 is 11.6 Å². The zero-order valence-electron chi connectivity index (χ0n) is 20.1. The normalized spacial score (nSPS) is 18.7. The van der Waals surface area contributed by atoms with Gasteiger partial charge in [-0.05, 0) is 43.7 Å². The minimum Gasteiger partial charge on any atom is -0.494 e. The summed E-state index contributed by atoms with van der Waals surface area (Å²) in [6, 6.07) is 14.3. The van der Waals surface area contributed by atoms with Gasteiger partial charge in [-0.3, -0.25) is 4.90 Å². The van der Waals surface area contributed by atoms with Crippen molar-refractivity contribution in [1.82, 2.24) is 15.5 Å². The predicted molar refractivity (Wildman–Crippen MR) is 136 cm³/mol. The van der Waals surface area contributed by atoms with E-state index in [-0.39, 0.29) is 12.6 Å². The van der Waals surface area contributed by atoms with Crippen LogP contribution in [0.3, 0.4) is 0 Å². The largest absolute Gasteiger partial charge is 0.494 e. The zero-order valence-corrected chi connectivity index (χ0v) is 20.8. The van der Waals surface area contributed by atoms with Gasteiger partial charge in [0.15, 0.2) is 0 Å². The lowest BCUT2D eigenvalue weighted by molar-refractivity contribution is -0.139. The van der Waals surface area contributed by atoms with Crippen LogP contribution in [0.25, 0.3) is 0 Å². The number of urea groups is 1. The van der Waals surface area contributed by atoms with Crippen molar-refractivity contribution in [2.45, 2.75) is 19.9 Å². The molecule has 2 aromatic carbocycles. The Kier molecular flexibility index (Phi) is 8.15. The third-order valence-electron chi connectivity index (χ3n) is 6.12. The van der Waals surface area contributed by atoms with E-state index in [1.807, 2.05) is 55.5 Å². The van der Waals surface area contributed by atoms with E-state index >= 15 is 0 Å². The van der Waals surface area contributed by atoms with Gasteiger partial charge >= 0.3 is 12.0 Å². The molecule has 186 valence electrons. The van der Waals surface area contributed by atoms with Gasteiger partial charge in [-0.1, -0.05) is 35.9 Å². The number of piperazine rings is 1. The number of nitrogens with zero attached hydrogens (tertiary/aromatic N) is 2. The average Bonchev–Trinajstić information content (AvgIpc) is 2.85. The number of rotatable bonds is 8. The Balaban J connectivity index is 1.55. The maximum Gasteiger partial charge on any atom is 0.338 e. The van der Waals surface area contributed by atoms with Crippen LogP contribution in [0.15, 0.2) is 59.8 Å². The molecule has 35 heavy (non-hydrogen) atoms. The lowest BCUT2D eigenvalue weighted by Gasteiger charge is -2.38. The third-order valence-corrected chi connectivity index (χ3v) is 6.44. The molecule has 0 saturated carbocycles. The van der Waals surface area contributed by atoms with Crippen LogP contribution in [0.2, 0.25) is 5.02 Å². The lowest BCUT2D eigenvalue weighted by atomic mass is 9.94. The summed E-state index contributed by atoms with van der Waals surface area (Å²) in [6.07, 6.45) is 0. The van der Waals surface area contributed by atoms with E-state index in [0.29, 0.717) is 24.4 Å². The highest BCUT2D eigenvalue weighted by Crippen LogP contribution is 2.30. The van der Waals surface area contributed by atoms with E-state index in [1.54, 1.807) is 6.92 Å². The summed E-state index contributed by atoms with van der Waals surface area (Å²) in [6.45, 7) is 8.05. The molecule has 0 bridgehead atoms. The van der Waals surface area contributed by atoms with E-state index in [1.165, 1.54) is 0 Å². The second kappa shape index (κ2) is 11.5. The Bertz CT molecular complexity index is 1080. The second-order valence-corrected chi connectivity index (χ2v) is 8.77. The van der Waals surface area contributed by atoms with Crippen LogP contribution < -0.4 is 20.3 Å². The molecule has 4 rings (SSSR count). The number of benzene rings is 2. The minimum atomic E-state index is -0.613. The Morgan fingerprint density at radius 3 is 2.40 bits per heavy atom. The van der Waals surface area contributed by atoms with E-state index in [4.69, 9.17) is 21.1 Å². The van der Waals surface area contributed by atoms with Gasteiger partial charge in [-0.25, -0.2) is 9.59 Å². The van der Waals surface area contributed by atoms with Crippen molar-refractivity contribution >= 4 is 29.3 Å². The van der Waals surface area contributed by atoms with Gasteiger partial charge in [0.05, 0.1) is 35.5 Å². The molecule has 0 radical (unpaired) electrons. The van der Waals surface area contributed by atoms with Gasteiger partial charge in [-0.2, -0.15) is 0 Å². The fourth-order valence-electron chi connectivity index (χ4n) is 4.44. The molecule has 0 spiro atoms. The number of ether oxygens (including phenoxy) is 2. The highest BCUT2D eigenvalue weighted by molar-refractivity contribution is 6.33. The first-order valence-corrected chi connectivity index (χ1v) is 12.3. The third kappa shape index (κ3) is 5.89. The number of halogens is 1. The molecule has 2 heterocycles. The summed E-state index contributed by atoms with van der Waals surface area (Å²) in [4.78, 5) is 30.1. The second-order valence-electron chi connectivity index (χ2n) is 8.36. The Morgan fingerprint density at radius 1 is 1.03 bits per heavy atom. The zero-order chi connectivity index (χ0) is 24.8. The summed E-state index contributed by atoms with van der Waals surface area (Å²) in [5.74, 6) is 0.290. The van der Waals surface area contributed by atoms with Crippen molar-refractivity contribution in [2.24, 2.45) is 0 Å². The smallest absolute Gasteiger partial charge is 0.338 e. The summed E-state index contributed by atoms with van der Waals surface area (Å²) < 4.78 is 10.9. The predicted octanol–water partition coefficient (Wildman–Crippen LogP) is 3.73. The van der Waals surface area contributed by atoms with Crippen LogP contribution in [-0.2, 0) is 9.53 Å². The van der Waals surface area contributed by atoms with E-state index in [2.05, 4.69) is 20.4 Å². The van der Waals surface area contributed by atoms with Gasteiger partial charge in [0.1, 0.15) is 5.75 Å². The number of hydrogen-bond acceptors (Lipinski definition) is 6. The Hall–Kier alpha value is -3.23. The van der Waals surface area contributed by atoms with Crippen LogP contribution in [0.5, 0.6) is 5.75 Å². The molecule has 2 aromatic rings. The summed E-state index contributed by atoms with van der Waals surface area (Å²) in [7, 11) is 0. The fourth-order valence-corrected chi connectivity index (χ4v) is 4.70. The summed E-state index contributed by atoms with van der Waals surface area (Å²) in [5, 5.41) is 6.48. The molecule has 2 aliphatic heterocycles. The monoisotopic (exact) mass is 498 g/mol. The van der Waals surface area contributed by atoms with E-state index < -0.39 is 12.0 Å². The van der Waals surface area contributed by atoms with Gasteiger partial charge in [0.2, 0.25) is 0 Å². The van der Waals surface area contributed by atoms with Crippen LogP contribution in [0, 0.1) is 0 Å². The topological polar surface area (TPSA) is 83.1 Å². The molecule has 1 unspecified atom stereocenters. The first-order valence-electron chi connectivity index (χ1n) is 11.9. The highest BCUT2D eigenvalue weighted by atomic mass is 35.5. The fraction of sp³-hybridized carbons (Fsp3) is 0.385. The lowest BCUT2D eigenvalue weighted by Crippen LogP contribution is -2.51. The molecule has 1 saturated heterocycles. The van der Waals surface area contributed by atoms with E-state index in [9.17, 15) is 9.59 Å². The highest BCUT2D eigenvalue weighted by Gasteiger charge is 2.34. The van der Waals surface area contributed by atoms with Crippen molar-refractivity contribution < 1.29 is 19.1 Å². The number of hydrogen-bond donors (Lipinski definition) is 2. The minimum absolute atomic E-state index is 0.246. The quantitative estimate of drug-likeness (QED) is 0.540. The molecule has 2 aliphatic rings. The Morgan fingerprint density at radius 2 is 1.74 bits per heavy atom. The number of esters is 1. The molecule has 9 heteroatoms. The molecular weight excluding hydrogens is 468 g/mol. The molecule has 2 amide bonds. The molecule has 0 aromatic heterocycles. The SMILES string of the molecule is CCOC(=O)C1=C(CN2CCN(c3ccccc3Cl)CC2)NC(=O)NC1c1ccc(OCC)cc1. The summed E-state index contributed by atoms with van der Waals surface area (Å²) >= 11 is 6.37. The van der Waals surface area contributed by atoms with Crippen LogP contribution in [0.1, 0.15) is 25.5 Å². The first-order chi connectivity index (χ1) is 17.0. The van der Waals surface area contributed by atoms with Crippen molar-refractivity contribution in [3.63, 3.8) is 0 Å². The number of amides is 2. The molecule has 1 atom stereocenters. The number of para-hydroxylation sites is 1. The number of carbonyl (C=O) groups is 2.